The van der Waals surface area contributed by atoms with Crippen molar-refractivity contribution >= 4 is 40.3 Å². The van der Waals surface area contributed by atoms with Gasteiger partial charge in [0.25, 0.3) is 0 Å². The minimum absolute atomic E-state index is 0.0432. The Morgan fingerprint density at radius 2 is 1.70 bits per heavy atom. The van der Waals surface area contributed by atoms with Gasteiger partial charge in [-0.1, -0.05) is 61.9 Å². The van der Waals surface area contributed by atoms with E-state index in [2.05, 4.69) is 48.7 Å². The van der Waals surface area contributed by atoms with E-state index in [4.69, 9.17) is 33.3 Å². The van der Waals surface area contributed by atoms with Gasteiger partial charge >= 0.3 is 0 Å². The number of carbonyl (C=O) groups excluding carboxylic acids is 1. The van der Waals surface area contributed by atoms with E-state index in [9.17, 15) is 4.79 Å². The number of ether oxygens (including phenoxy) is 2. The molecule has 4 rings (SSSR count). The molecule has 0 amide bonds. The van der Waals surface area contributed by atoms with Gasteiger partial charge in [0.05, 0.1) is 30.5 Å². The Morgan fingerprint density at radius 3 is 2.30 bits per heavy atom. The second-order valence-corrected chi connectivity index (χ2v) is 10.3. The van der Waals surface area contributed by atoms with Gasteiger partial charge < -0.3 is 20.1 Å². The average Bonchev–Trinajstić information content (AvgIpc) is 3.15. The number of ketones is 1. The molecule has 0 aromatic heterocycles. The maximum atomic E-state index is 13.3. The molecule has 0 heterocycles. The Morgan fingerprint density at radius 1 is 1.06 bits per heavy atom. The van der Waals surface area contributed by atoms with E-state index in [1.54, 1.807) is 26.4 Å². The summed E-state index contributed by atoms with van der Waals surface area (Å²) in [5, 5.41) is 7.33. The molecule has 2 aliphatic rings. The van der Waals surface area contributed by atoms with Crippen LogP contribution >= 0.6 is 23.8 Å². The number of methoxy groups -OCH3 is 2. The summed E-state index contributed by atoms with van der Waals surface area (Å²) in [4.78, 5) is 13.6. The van der Waals surface area contributed by atoms with Gasteiger partial charge in [0.15, 0.2) is 5.78 Å². The molecule has 0 fully saturated rings. The highest BCUT2D eigenvalue weighted by molar-refractivity contribution is 7.81. The van der Waals surface area contributed by atoms with Gasteiger partial charge in [-0.2, -0.15) is 0 Å². The maximum absolute atomic E-state index is 13.3. The predicted molar refractivity (Wildman–Crippen MR) is 137 cm³/mol. The molecule has 174 valence electrons. The van der Waals surface area contributed by atoms with Gasteiger partial charge in [-0.05, 0) is 35.8 Å². The van der Waals surface area contributed by atoms with Crippen LogP contribution in [0.15, 0.2) is 47.7 Å². The van der Waals surface area contributed by atoms with E-state index in [1.807, 2.05) is 0 Å². The van der Waals surface area contributed by atoms with Crippen molar-refractivity contribution in [3.05, 3.63) is 63.8 Å². The smallest absolute Gasteiger partial charge is 0.168 e. The van der Waals surface area contributed by atoms with Gasteiger partial charge in [-0.15, -0.1) is 0 Å². The fourth-order valence-corrected chi connectivity index (χ4v) is 5.34. The molecule has 2 N–H and O–H groups in total. The van der Waals surface area contributed by atoms with Gasteiger partial charge in [-0.3, -0.25) is 4.79 Å². The number of fused-ring (bicyclic) bond motifs is 1. The Bertz CT molecular complexity index is 1120. The number of hydrogen-bond acceptors (Lipinski definition) is 5. The monoisotopic (exact) mass is 484 g/mol. The van der Waals surface area contributed by atoms with Crippen LogP contribution in [-0.2, 0) is 17.6 Å². The van der Waals surface area contributed by atoms with Crippen LogP contribution in [0.4, 0.5) is 5.69 Å². The topological polar surface area (TPSA) is 59.6 Å². The predicted octanol–water partition coefficient (Wildman–Crippen LogP) is 5.50. The lowest BCUT2D eigenvalue weighted by Gasteiger charge is -2.34. The molecule has 2 aromatic carbocycles. The Hall–Kier alpha value is -2.57. The first-order valence-electron chi connectivity index (χ1n) is 11.0. The summed E-state index contributed by atoms with van der Waals surface area (Å²) in [6, 6.07) is 12.1. The second kappa shape index (κ2) is 9.35. The summed E-state index contributed by atoms with van der Waals surface area (Å²) in [6.45, 7) is 4.24. The molecule has 0 spiro atoms. The third-order valence-corrected chi connectivity index (χ3v) is 6.86. The zero-order valence-corrected chi connectivity index (χ0v) is 21.0. The van der Waals surface area contributed by atoms with Crippen molar-refractivity contribution in [2.75, 3.05) is 19.5 Å². The summed E-state index contributed by atoms with van der Waals surface area (Å²) in [5.74, 6) is 1.06. The minimum Gasteiger partial charge on any atom is -0.495 e. The van der Waals surface area contributed by atoms with Crippen molar-refractivity contribution < 1.29 is 14.3 Å². The zero-order valence-electron chi connectivity index (χ0n) is 19.4. The molecule has 2 aromatic rings. The summed E-state index contributed by atoms with van der Waals surface area (Å²) in [6.07, 6.45) is 3.07. The number of carbonyl (C=O) groups is 1. The van der Waals surface area contributed by atoms with E-state index < -0.39 is 0 Å². The molecule has 7 heteroatoms. The van der Waals surface area contributed by atoms with Crippen LogP contribution in [0.25, 0.3) is 0 Å². The zero-order chi connectivity index (χ0) is 23.8. The molecule has 0 saturated heterocycles. The first kappa shape index (κ1) is 23.6. The lowest BCUT2D eigenvalue weighted by molar-refractivity contribution is -0.117. The van der Waals surface area contributed by atoms with Gasteiger partial charge in [0.1, 0.15) is 16.5 Å². The highest BCUT2D eigenvalue weighted by Gasteiger charge is 2.36. The standard InChI is InChI=1S/C26H29ClN2O3S/c1-26(2)13-20(28-17-9-15-7-5-6-8-16(15)10-17)24(21(30)14-26)25(33)29-19-12-22(31-3)18(27)11-23(19)32-4/h5-8,11-12,17,28H,9-10,13-14H2,1-4H3,(H,29,33). The van der Waals surface area contributed by atoms with E-state index in [-0.39, 0.29) is 17.2 Å². The molecule has 33 heavy (non-hydrogen) atoms. The molecule has 0 bridgehead atoms. The molecule has 5 nitrogen and oxygen atoms in total. The van der Waals surface area contributed by atoms with Crippen molar-refractivity contribution in [1.82, 2.24) is 5.32 Å². The summed E-state index contributed by atoms with van der Waals surface area (Å²) in [7, 11) is 3.11. The van der Waals surface area contributed by atoms with Crippen LogP contribution in [0.1, 0.15) is 37.8 Å². The maximum Gasteiger partial charge on any atom is 0.168 e. The van der Waals surface area contributed by atoms with Crippen molar-refractivity contribution in [3.63, 3.8) is 0 Å². The van der Waals surface area contributed by atoms with Crippen molar-refractivity contribution in [1.29, 1.82) is 0 Å². The third-order valence-electron chi connectivity index (χ3n) is 6.25. The van der Waals surface area contributed by atoms with Crippen molar-refractivity contribution in [2.45, 2.75) is 45.6 Å². The van der Waals surface area contributed by atoms with E-state index >= 15 is 0 Å². The van der Waals surface area contributed by atoms with Crippen molar-refractivity contribution in [2.24, 2.45) is 5.41 Å². The number of benzene rings is 2. The number of anilines is 1. The van der Waals surface area contributed by atoms with Gasteiger partial charge in [0, 0.05) is 30.3 Å². The molecule has 0 saturated carbocycles. The van der Waals surface area contributed by atoms with Crippen molar-refractivity contribution in [3.8, 4) is 11.5 Å². The number of hydrogen-bond donors (Lipinski definition) is 2. The van der Waals surface area contributed by atoms with Crippen LogP contribution < -0.4 is 20.1 Å². The van der Waals surface area contributed by atoms with Gasteiger partial charge in [0.2, 0.25) is 0 Å². The van der Waals surface area contributed by atoms with E-state index in [1.165, 1.54) is 11.1 Å². The number of Topliss-reactive ketones (excluding diaryl/α,β-unsaturated/α-hetero) is 1. The summed E-state index contributed by atoms with van der Waals surface area (Å²) >= 11 is 12.0. The van der Waals surface area contributed by atoms with Crippen LogP contribution in [0.2, 0.25) is 5.02 Å². The Kier molecular flexibility index (Phi) is 6.68. The van der Waals surface area contributed by atoms with Crippen LogP contribution in [-0.4, -0.2) is 31.0 Å². The Labute approximate surface area is 205 Å². The molecular formula is C26H29ClN2O3S. The molecule has 2 aliphatic carbocycles. The number of allylic oxidation sites excluding steroid dienone is 1. The lowest BCUT2D eigenvalue weighted by atomic mass is 9.75. The highest BCUT2D eigenvalue weighted by Crippen LogP contribution is 2.39. The molecular weight excluding hydrogens is 456 g/mol. The summed E-state index contributed by atoms with van der Waals surface area (Å²) in [5.41, 5.74) is 4.64. The van der Waals surface area contributed by atoms with Gasteiger partial charge in [-0.25, -0.2) is 0 Å². The molecule has 0 atom stereocenters. The SMILES string of the molecule is COc1cc(NC(=S)C2=C(NC3Cc4ccccc4C3)CC(C)(C)CC2=O)c(OC)cc1Cl. The average molecular weight is 485 g/mol. The molecule has 0 aliphatic heterocycles. The Balaban J connectivity index is 1.64. The number of thiocarbonyl (C=S) groups is 1. The summed E-state index contributed by atoms with van der Waals surface area (Å²) < 4.78 is 10.8. The van der Waals surface area contributed by atoms with E-state index in [0.717, 1.165) is 25.0 Å². The highest BCUT2D eigenvalue weighted by atomic mass is 35.5. The van der Waals surface area contributed by atoms with E-state index in [0.29, 0.717) is 39.2 Å². The fourth-order valence-electron chi connectivity index (χ4n) is 4.76. The normalized spacial score (nSPS) is 17.5. The molecule has 0 unspecified atom stereocenters. The first-order valence-corrected chi connectivity index (χ1v) is 11.8. The van der Waals surface area contributed by atoms with Crippen LogP contribution in [0.3, 0.4) is 0 Å². The number of rotatable bonds is 6. The number of nitrogens with one attached hydrogen (secondary N) is 2. The quantitative estimate of drug-likeness (QED) is 0.528. The lowest BCUT2D eigenvalue weighted by Crippen LogP contribution is -2.39. The largest absolute Gasteiger partial charge is 0.495 e. The fraction of sp³-hybridized carbons (Fsp3) is 0.385. The first-order chi connectivity index (χ1) is 15.7. The second-order valence-electron chi connectivity index (χ2n) is 9.45. The third kappa shape index (κ3) is 5.02. The van der Waals surface area contributed by atoms with Crippen LogP contribution in [0.5, 0.6) is 11.5 Å². The number of halogens is 1. The molecule has 0 radical (unpaired) electrons. The minimum atomic E-state index is -0.134. The van der Waals surface area contributed by atoms with Crippen LogP contribution in [0, 0.1) is 5.41 Å².